The lowest BCUT2D eigenvalue weighted by molar-refractivity contribution is -0.149. The minimum Gasteiger partial charge on any atom is -0.461 e. The van der Waals surface area contributed by atoms with Gasteiger partial charge in [0.05, 0.1) is 0 Å². The molecule has 312 valence electrons. The molecule has 2 atom stereocenters. The van der Waals surface area contributed by atoms with Gasteiger partial charge in [-0.1, -0.05) is 142 Å². The Labute approximate surface area is 337 Å². The molecule has 0 aromatic rings. The molecule has 0 aromatic carbocycles. The minimum atomic E-state index is 0.0515. The molecule has 0 bridgehead atoms. The first-order valence-corrected chi connectivity index (χ1v) is 25.7. The zero-order valence-corrected chi connectivity index (χ0v) is 36.8. The third kappa shape index (κ3) is 29.5. The number of carbonyl (C=O) groups is 2. The van der Waals surface area contributed by atoms with Gasteiger partial charge in [0.25, 0.3) is 0 Å². The molecule has 5 nitrogen and oxygen atoms in total. The number of hydrogen-bond donors (Lipinski definition) is 1. The SMILES string of the molecule is CCCCCCC(CSCCCCCCNCCCCCCSCC(CCCCCC)OC(=O)CCC1CCCCC1)OC(=O)CCC1CCCCC1. The van der Waals surface area contributed by atoms with Gasteiger partial charge >= 0.3 is 11.9 Å². The molecule has 53 heavy (non-hydrogen) atoms. The van der Waals surface area contributed by atoms with E-state index in [1.165, 1.54) is 178 Å². The summed E-state index contributed by atoms with van der Waals surface area (Å²) in [6, 6.07) is 0. The number of esters is 2. The molecule has 0 amide bonds. The maximum Gasteiger partial charge on any atom is 0.306 e. The van der Waals surface area contributed by atoms with Gasteiger partial charge in [0.2, 0.25) is 0 Å². The molecule has 0 spiro atoms. The van der Waals surface area contributed by atoms with Crippen LogP contribution in [0.4, 0.5) is 0 Å². The van der Waals surface area contributed by atoms with E-state index in [2.05, 4.69) is 19.2 Å². The number of ether oxygens (including phenoxy) is 2. The molecule has 2 aliphatic carbocycles. The van der Waals surface area contributed by atoms with E-state index in [1.54, 1.807) is 0 Å². The fraction of sp³-hybridized carbons (Fsp3) is 0.957. The van der Waals surface area contributed by atoms with Crippen LogP contribution in [0.2, 0.25) is 0 Å². The maximum atomic E-state index is 12.6. The molecule has 0 aromatic heterocycles. The topological polar surface area (TPSA) is 64.6 Å². The van der Waals surface area contributed by atoms with Crippen molar-refractivity contribution < 1.29 is 19.1 Å². The number of unbranched alkanes of at least 4 members (excludes halogenated alkanes) is 12. The van der Waals surface area contributed by atoms with E-state index in [0.717, 1.165) is 62.1 Å². The predicted molar refractivity (Wildman–Crippen MR) is 233 cm³/mol. The molecule has 0 aliphatic heterocycles. The molecule has 7 heteroatoms. The summed E-state index contributed by atoms with van der Waals surface area (Å²) >= 11 is 3.99. The summed E-state index contributed by atoms with van der Waals surface area (Å²) in [5, 5.41) is 3.67. The monoisotopic (exact) mass is 782 g/mol. The Bertz CT molecular complexity index is 766. The number of nitrogens with one attached hydrogen (secondary N) is 1. The highest BCUT2D eigenvalue weighted by atomic mass is 32.2. The number of carbonyl (C=O) groups excluding carboxylic acids is 2. The summed E-state index contributed by atoms with van der Waals surface area (Å²) in [6.45, 7) is 6.79. The van der Waals surface area contributed by atoms with Crippen molar-refractivity contribution in [1.82, 2.24) is 5.32 Å². The zero-order valence-electron chi connectivity index (χ0n) is 35.1. The van der Waals surface area contributed by atoms with E-state index in [1.807, 2.05) is 23.5 Å². The summed E-state index contributed by atoms with van der Waals surface area (Å²) < 4.78 is 12.0. The smallest absolute Gasteiger partial charge is 0.306 e. The highest BCUT2D eigenvalue weighted by Crippen LogP contribution is 2.29. The average molecular weight is 782 g/mol. The Morgan fingerprint density at radius 3 is 1.34 bits per heavy atom. The van der Waals surface area contributed by atoms with Crippen LogP contribution in [-0.2, 0) is 19.1 Å². The van der Waals surface area contributed by atoms with Gasteiger partial charge < -0.3 is 14.8 Å². The van der Waals surface area contributed by atoms with Crippen molar-refractivity contribution in [3.8, 4) is 0 Å². The lowest BCUT2D eigenvalue weighted by atomic mass is 9.86. The molecule has 0 heterocycles. The van der Waals surface area contributed by atoms with Crippen LogP contribution < -0.4 is 5.32 Å². The third-order valence-corrected chi connectivity index (χ3v) is 14.1. The fourth-order valence-electron chi connectivity index (χ4n) is 8.21. The first kappa shape index (κ1) is 48.7. The Balaban J connectivity index is 1.42. The number of thioether (sulfide) groups is 2. The summed E-state index contributed by atoms with van der Waals surface area (Å²) in [7, 11) is 0. The Hall–Kier alpha value is -0.400. The second-order valence-electron chi connectivity index (χ2n) is 16.7. The first-order chi connectivity index (χ1) is 26.1. The minimum absolute atomic E-state index is 0.0515. The Morgan fingerprint density at radius 1 is 0.528 bits per heavy atom. The third-order valence-electron chi connectivity index (χ3n) is 11.7. The van der Waals surface area contributed by atoms with Crippen molar-refractivity contribution in [2.45, 2.75) is 232 Å². The van der Waals surface area contributed by atoms with Crippen LogP contribution in [0.25, 0.3) is 0 Å². The van der Waals surface area contributed by atoms with E-state index in [-0.39, 0.29) is 24.1 Å². The Kier molecular flexibility index (Phi) is 33.1. The summed E-state index contributed by atoms with van der Waals surface area (Å²) in [4.78, 5) is 25.3. The zero-order chi connectivity index (χ0) is 37.9. The second kappa shape index (κ2) is 36.0. The summed E-state index contributed by atoms with van der Waals surface area (Å²) in [5.74, 6) is 5.90. The van der Waals surface area contributed by atoms with E-state index >= 15 is 0 Å². The van der Waals surface area contributed by atoms with Crippen LogP contribution in [0.3, 0.4) is 0 Å². The van der Waals surface area contributed by atoms with Gasteiger partial charge in [-0.2, -0.15) is 23.5 Å². The number of hydrogen-bond acceptors (Lipinski definition) is 7. The molecule has 1 N–H and O–H groups in total. The molecule has 2 fully saturated rings. The van der Waals surface area contributed by atoms with Crippen LogP contribution in [0.1, 0.15) is 219 Å². The van der Waals surface area contributed by atoms with Crippen molar-refractivity contribution in [2.24, 2.45) is 11.8 Å². The number of rotatable bonds is 36. The standard InChI is InChI=1S/C46H87NO4S2/c1-3-5-7-19-29-43(50-45(48)33-31-41-25-15-13-16-26-41)39-52-37-23-11-9-21-35-47-36-22-10-12-24-38-53-40-44(30-20-8-6-4-2)51-46(49)34-32-42-27-17-14-18-28-42/h41-44,47H,3-40H2,1-2H3. The molecular weight excluding hydrogens is 695 g/mol. The van der Waals surface area contributed by atoms with Crippen LogP contribution in [-0.4, -0.2) is 60.2 Å². The predicted octanol–water partition coefficient (Wildman–Crippen LogP) is 13.6. The van der Waals surface area contributed by atoms with E-state index in [9.17, 15) is 9.59 Å². The van der Waals surface area contributed by atoms with Crippen LogP contribution in [0.5, 0.6) is 0 Å². The van der Waals surface area contributed by atoms with Crippen molar-refractivity contribution in [3.05, 3.63) is 0 Å². The lowest BCUT2D eigenvalue weighted by Gasteiger charge is -2.22. The normalized spacial score (nSPS) is 16.8. The quantitative estimate of drug-likeness (QED) is 0.0501. The highest BCUT2D eigenvalue weighted by molar-refractivity contribution is 7.99. The van der Waals surface area contributed by atoms with Gasteiger partial charge in [0, 0.05) is 24.3 Å². The fourth-order valence-corrected chi connectivity index (χ4v) is 10.4. The van der Waals surface area contributed by atoms with Gasteiger partial charge in [0.15, 0.2) is 0 Å². The van der Waals surface area contributed by atoms with Gasteiger partial charge in [-0.15, -0.1) is 0 Å². The molecule has 2 saturated carbocycles. The van der Waals surface area contributed by atoms with Crippen LogP contribution >= 0.6 is 23.5 Å². The lowest BCUT2D eigenvalue weighted by Crippen LogP contribution is -2.22. The van der Waals surface area contributed by atoms with Crippen LogP contribution in [0.15, 0.2) is 0 Å². The van der Waals surface area contributed by atoms with Gasteiger partial charge in [-0.25, -0.2) is 0 Å². The van der Waals surface area contributed by atoms with Gasteiger partial charge in [-0.3, -0.25) is 9.59 Å². The van der Waals surface area contributed by atoms with Crippen molar-refractivity contribution >= 4 is 35.5 Å². The average Bonchev–Trinajstić information content (AvgIpc) is 3.18. The van der Waals surface area contributed by atoms with Gasteiger partial charge in [0.1, 0.15) is 12.2 Å². The van der Waals surface area contributed by atoms with E-state index in [4.69, 9.17) is 9.47 Å². The molecule has 2 unspecified atom stereocenters. The van der Waals surface area contributed by atoms with Crippen LogP contribution in [0, 0.1) is 11.8 Å². The largest absolute Gasteiger partial charge is 0.461 e. The van der Waals surface area contributed by atoms with E-state index in [0.29, 0.717) is 12.8 Å². The first-order valence-electron chi connectivity index (χ1n) is 23.4. The summed E-state index contributed by atoms with van der Waals surface area (Å²) in [6.07, 6.45) is 39.1. The molecule has 2 aliphatic rings. The molecule has 0 saturated heterocycles. The Morgan fingerprint density at radius 2 is 0.925 bits per heavy atom. The van der Waals surface area contributed by atoms with Crippen molar-refractivity contribution in [3.63, 3.8) is 0 Å². The maximum absolute atomic E-state index is 12.6. The second-order valence-corrected chi connectivity index (χ2v) is 19.0. The van der Waals surface area contributed by atoms with Crippen molar-refractivity contribution in [1.29, 1.82) is 0 Å². The molecule has 0 radical (unpaired) electrons. The summed E-state index contributed by atoms with van der Waals surface area (Å²) in [5.41, 5.74) is 0. The van der Waals surface area contributed by atoms with E-state index < -0.39 is 0 Å². The van der Waals surface area contributed by atoms with Crippen molar-refractivity contribution in [2.75, 3.05) is 36.1 Å². The molecule has 2 rings (SSSR count). The molecular formula is C46H87NO4S2. The van der Waals surface area contributed by atoms with Gasteiger partial charge in [-0.05, 0) is 101 Å². The highest BCUT2D eigenvalue weighted by Gasteiger charge is 2.20.